The number of nitrogens with one attached hydrogen (secondary N) is 1. The monoisotopic (exact) mass is 257 g/mol. The molecule has 0 atom stereocenters. The molecular formula is C14H11NO2S. The van der Waals surface area contributed by atoms with Gasteiger partial charge < -0.3 is 4.74 Å². The molecule has 0 bridgehead atoms. The van der Waals surface area contributed by atoms with Gasteiger partial charge in [-0.15, -0.1) is 0 Å². The van der Waals surface area contributed by atoms with Crippen LogP contribution in [0, 0.1) is 0 Å². The van der Waals surface area contributed by atoms with Crippen LogP contribution in [0.5, 0.6) is 5.75 Å². The molecule has 0 aliphatic heterocycles. The quantitative estimate of drug-likeness (QED) is 0.783. The molecule has 3 nitrogen and oxygen atoms in total. The highest BCUT2D eigenvalue weighted by atomic mass is 32.1. The average Bonchev–Trinajstić information content (AvgIpc) is 2.79. The van der Waals surface area contributed by atoms with Crippen molar-refractivity contribution in [2.45, 2.75) is 6.61 Å². The lowest BCUT2D eigenvalue weighted by Crippen LogP contribution is -1.98. The summed E-state index contributed by atoms with van der Waals surface area (Å²) in [5.41, 5.74) is 1.05. The first kappa shape index (κ1) is 11.0. The van der Waals surface area contributed by atoms with Crippen LogP contribution in [-0.4, -0.2) is 4.37 Å². The molecule has 0 aliphatic rings. The van der Waals surface area contributed by atoms with Gasteiger partial charge in [0, 0.05) is 0 Å². The summed E-state index contributed by atoms with van der Waals surface area (Å²) < 4.78 is 9.34. The molecule has 0 unspecified atom stereocenters. The maximum Gasteiger partial charge on any atom is 0.266 e. The predicted molar refractivity (Wildman–Crippen MR) is 73.2 cm³/mol. The summed E-state index contributed by atoms with van der Waals surface area (Å²) >= 11 is 1.34. The van der Waals surface area contributed by atoms with Crippen molar-refractivity contribution in [1.29, 1.82) is 0 Å². The van der Waals surface area contributed by atoms with E-state index in [0.29, 0.717) is 12.0 Å². The summed E-state index contributed by atoms with van der Waals surface area (Å²) in [6.45, 7) is 0.508. The van der Waals surface area contributed by atoms with Gasteiger partial charge in [-0.25, -0.2) is 0 Å². The second kappa shape index (κ2) is 4.66. The summed E-state index contributed by atoms with van der Waals surface area (Å²) in [7, 11) is 0. The second-order valence-corrected chi connectivity index (χ2v) is 4.81. The van der Waals surface area contributed by atoms with Gasteiger partial charge >= 0.3 is 0 Å². The number of hydrogen-bond donors (Lipinski definition) is 1. The van der Waals surface area contributed by atoms with Crippen molar-refractivity contribution in [2.24, 2.45) is 0 Å². The van der Waals surface area contributed by atoms with E-state index in [-0.39, 0.29) is 5.56 Å². The number of aromatic nitrogens is 1. The van der Waals surface area contributed by atoms with E-state index in [4.69, 9.17) is 4.74 Å². The predicted octanol–water partition coefficient (Wildman–Crippen LogP) is 3.17. The van der Waals surface area contributed by atoms with Crippen LogP contribution in [0.4, 0.5) is 0 Å². The zero-order valence-corrected chi connectivity index (χ0v) is 10.4. The molecular weight excluding hydrogens is 246 g/mol. The lowest BCUT2D eigenvalue weighted by molar-refractivity contribution is 0.306. The zero-order valence-electron chi connectivity index (χ0n) is 9.55. The molecule has 3 aromatic rings. The minimum atomic E-state index is -0.0554. The second-order valence-electron chi connectivity index (χ2n) is 3.97. The van der Waals surface area contributed by atoms with E-state index in [2.05, 4.69) is 4.37 Å². The normalized spacial score (nSPS) is 10.7. The van der Waals surface area contributed by atoms with Gasteiger partial charge in [-0.2, -0.15) is 0 Å². The van der Waals surface area contributed by atoms with Gasteiger partial charge in [-0.05, 0) is 23.8 Å². The SMILES string of the molecule is O=c1[nH]sc2ccc(OCc3ccccc3)cc12. The van der Waals surface area contributed by atoms with Gasteiger partial charge in [-0.3, -0.25) is 9.17 Å². The Bertz CT molecular complexity index is 715. The van der Waals surface area contributed by atoms with Crippen LogP contribution in [0.2, 0.25) is 0 Å². The lowest BCUT2D eigenvalue weighted by atomic mass is 10.2. The Kier molecular flexibility index (Phi) is 2.86. The fourth-order valence-corrected chi connectivity index (χ4v) is 2.47. The molecule has 1 N–H and O–H groups in total. The van der Waals surface area contributed by atoms with E-state index in [1.54, 1.807) is 6.07 Å². The molecule has 90 valence electrons. The van der Waals surface area contributed by atoms with E-state index >= 15 is 0 Å². The maximum absolute atomic E-state index is 11.5. The fraction of sp³-hybridized carbons (Fsp3) is 0.0714. The maximum atomic E-state index is 11.5. The summed E-state index contributed by atoms with van der Waals surface area (Å²) in [4.78, 5) is 11.5. The molecule has 0 aliphatic carbocycles. The Labute approximate surface area is 108 Å². The average molecular weight is 257 g/mol. The molecule has 0 amide bonds. The Balaban J connectivity index is 1.83. The topological polar surface area (TPSA) is 42.1 Å². The van der Waals surface area contributed by atoms with Crippen molar-refractivity contribution in [3.8, 4) is 5.75 Å². The van der Waals surface area contributed by atoms with Gasteiger partial charge in [0.15, 0.2) is 0 Å². The third kappa shape index (κ3) is 2.15. The minimum absolute atomic E-state index is 0.0554. The number of fused-ring (bicyclic) bond motifs is 1. The van der Waals surface area contributed by atoms with Crippen molar-refractivity contribution in [3.63, 3.8) is 0 Å². The van der Waals surface area contributed by atoms with E-state index < -0.39 is 0 Å². The number of benzene rings is 2. The Morgan fingerprint density at radius 1 is 1.11 bits per heavy atom. The van der Waals surface area contributed by atoms with Crippen LogP contribution in [0.25, 0.3) is 10.1 Å². The highest BCUT2D eigenvalue weighted by molar-refractivity contribution is 7.13. The number of rotatable bonds is 3. The van der Waals surface area contributed by atoms with Crippen LogP contribution >= 0.6 is 11.5 Å². The number of ether oxygens (including phenoxy) is 1. The summed E-state index contributed by atoms with van der Waals surface area (Å²) in [5, 5.41) is 0.686. The molecule has 0 saturated heterocycles. The molecule has 0 saturated carbocycles. The zero-order chi connectivity index (χ0) is 12.4. The number of aromatic amines is 1. The first-order chi connectivity index (χ1) is 8.83. The number of H-pyrrole nitrogens is 1. The highest BCUT2D eigenvalue weighted by Crippen LogP contribution is 2.21. The first-order valence-electron chi connectivity index (χ1n) is 5.61. The summed E-state index contributed by atoms with van der Waals surface area (Å²) in [5.74, 6) is 0.718. The van der Waals surface area contributed by atoms with Gasteiger partial charge in [0.05, 0.1) is 10.1 Å². The molecule has 1 heterocycles. The van der Waals surface area contributed by atoms with Gasteiger partial charge in [0.2, 0.25) is 0 Å². The molecule has 1 aromatic heterocycles. The third-order valence-corrected chi connectivity index (χ3v) is 3.56. The molecule has 0 fully saturated rings. The summed E-state index contributed by atoms with van der Waals surface area (Å²) in [6.07, 6.45) is 0. The Morgan fingerprint density at radius 2 is 1.94 bits per heavy atom. The summed E-state index contributed by atoms with van der Waals surface area (Å²) in [6, 6.07) is 15.5. The van der Waals surface area contributed by atoms with Crippen molar-refractivity contribution in [1.82, 2.24) is 4.37 Å². The molecule has 18 heavy (non-hydrogen) atoms. The highest BCUT2D eigenvalue weighted by Gasteiger charge is 2.03. The standard InChI is InChI=1S/C14H11NO2S/c16-14-12-8-11(6-7-13(12)18-15-14)17-9-10-4-2-1-3-5-10/h1-8H,9H2,(H,15,16). The van der Waals surface area contributed by atoms with Crippen LogP contribution < -0.4 is 10.3 Å². The molecule has 2 aromatic carbocycles. The fourth-order valence-electron chi connectivity index (χ4n) is 1.76. The van der Waals surface area contributed by atoms with Gasteiger partial charge in [0.1, 0.15) is 12.4 Å². The van der Waals surface area contributed by atoms with Crippen LogP contribution in [-0.2, 0) is 6.61 Å². The molecule has 0 radical (unpaired) electrons. The van der Waals surface area contributed by atoms with Gasteiger partial charge in [-0.1, -0.05) is 41.9 Å². The van der Waals surface area contributed by atoms with Crippen LogP contribution in [0.3, 0.4) is 0 Å². The van der Waals surface area contributed by atoms with E-state index in [1.165, 1.54) is 11.5 Å². The van der Waals surface area contributed by atoms with E-state index in [1.807, 2.05) is 42.5 Å². The number of hydrogen-bond acceptors (Lipinski definition) is 3. The molecule has 3 rings (SSSR count). The van der Waals surface area contributed by atoms with Gasteiger partial charge in [0.25, 0.3) is 5.56 Å². The van der Waals surface area contributed by atoms with Crippen molar-refractivity contribution < 1.29 is 4.74 Å². The van der Waals surface area contributed by atoms with Crippen molar-refractivity contribution in [2.75, 3.05) is 0 Å². The van der Waals surface area contributed by atoms with Crippen LogP contribution in [0.1, 0.15) is 5.56 Å². The molecule has 4 heteroatoms. The lowest BCUT2D eigenvalue weighted by Gasteiger charge is -2.05. The third-order valence-electron chi connectivity index (χ3n) is 2.70. The smallest absolute Gasteiger partial charge is 0.266 e. The largest absolute Gasteiger partial charge is 0.489 e. The van der Waals surface area contributed by atoms with E-state index in [9.17, 15) is 4.79 Å². The van der Waals surface area contributed by atoms with E-state index in [0.717, 1.165) is 16.0 Å². The Hall–Kier alpha value is -2.07. The first-order valence-corrected chi connectivity index (χ1v) is 6.42. The van der Waals surface area contributed by atoms with Crippen molar-refractivity contribution >= 4 is 21.6 Å². The van der Waals surface area contributed by atoms with Crippen LogP contribution in [0.15, 0.2) is 53.3 Å². The minimum Gasteiger partial charge on any atom is -0.489 e. The molecule has 0 spiro atoms. The Morgan fingerprint density at radius 3 is 2.78 bits per heavy atom. The van der Waals surface area contributed by atoms with Crippen molar-refractivity contribution in [3.05, 3.63) is 64.4 Å².